The van der Waals surface area contributed by atoms with Crippen molar-refractivity contribution >= 4 is 0 Å². The lowest BCUT2D eigenvalue weighted by molar-refractivity contribution is 0.413. The van der Waals surface area contributed by atoms with Crippen molar-refractivity contribution < 1.29 is 18.9 Å². The van der Waals surface area contributed by atoms with Crippen molar-refractivity contribution in [1.29, 1.82) is 0 Å². The van der Waals surface area contributed by atoms with E-state index in [0.717, 1.165) is 23.0 Å². The molecule has 0 aliphatic heterocycles. The highest BCUT2D eigenvalue weighted by Crippen LogP contribution is 2.44. The van der Waals surface area contributed by atoms with Gasteiger partial charge < -0.3 is 18.9 Å². The average molecular weight is 455 g/mol. The lowest BCUT2D eigenvalue weighted by Crippen LogP contribution is -2.15. The summed E-state index contributed by atoms with van der Waals surface area (Å²) in [4.78, 5) is 0. The monoisotopic (exact) mass is 454 g/mol. The van der Waals surface area contributed by atoms with Crippen molar-refractivity contribution in [2.75, 3.05) is 28.4 Å². The van der Waals surface area contributed by atoms with Crippen LogP contribution in [0.5, 0.6) is 23.0 Å². The van der Waals surface area contributed by atoms with Gasteiger partial charge in [-0.25, -0.2) is 0 Å². The Kier molecular flexibility index (Phi) is 7.38. The van der Waals surface area contributed by atoms with Gasteiger partial charge in [-0.2, -0.15) is 0 Å². The zero-order valence-corrected chi connectivity index (χ0v) is 20.0. The van der Waals surface area contributed by atoms with Gasteiger partial charge >= 0.3 is 0 Å². The highest BCUT2D eigenvalue weighted by atomic mass is 16.5. The minimum Gasteiger partial charge on any atom is -0.497 e. The number of ether oxygens (including phenoxy) is 4. The van der Waals surface area contributed by atoms with Gasteiger partial charge in [-0.15, -0.1) is 0 Å². The van der Waals surface area contributed by atoms with Gasteiger partial charge in [-0.1, -0.05) is 48.5 Å². The predicted octanol–water partition coefficient (Wildman–Crippen LogP) is 6.69. The molecule has 0 atom stereocenters. The predicted molar refractivity (Wildman–Crippen MR) is 136 cm³/mol. The van der Waals surface area contributed by atoms with Crippen LogP contribution < -0.4 is 18.9 Å². The van der Waals surface area contributed by atoms with Gasteiger partial charge in [0.2, 0.25) is 0 Å². The summed E-state index contributed by atoms with van der Waals surface area (Å²) < 4.78 is 21.7. The molecular weight excluding hydrogens is 424 g/mol. The maximum atomic E-state index is 5.42. The summed E-state index contributed by atoms with van der Waals surface area (Å²) >= 11 is 0. The molecule has 0 bridgehead atoms. The minimum absolute atomic E-state index is 0.0543. The second kappa shape index (κ2) is 10.8. The van der Waals surface area contributed by atoms with Gasteiger partial charge in [-0.3, -0.25) is 0 Å². The van der Waals surface area contributed by atoms with Crippen LogP contribution in [0, 0.1) is 0 Å². The molecule has 4 heteroatoms. The Labute approximate surface area is 201 Å². The van der Waals surface area contributed by atoms with Crippen molar-refractivity contribution in [3.63, 3.8) is 0 Å². The topological polar surface area (TPSA) is 36.9 Å². The van der Waals surface area contributed by atoms with E-state index in [1.165, 1.54) is 22.3 Å². The molecule has 4 aromatic carbocycles. The zero-order valence-electron chi connectivity index (χ0n) is 20.0. The molecule has 0 saturated carbocycles. The molecule has 0 unspecified atom stereocenters. The van der Waals surface area contributed by atoms with E-state index >= 15 is 0 Å². The first-order valence-corrected chi connectivity index (χ1v) is 11.2. The first-order valence-electron chi connectivity index (χ1n) is 11.2. The van der Waals surface area contributed by atoms with Crippen LogP contribution in [-0.2, 0) is 0 Å². The largest absolute Gasteiger partial charge is 0.497 e. The smallest absolute Gasteiger partial charge is 0.118 e. The van der Waals surface area contributed by atoms with E-state index in [1.54, 1.807) is 28.4 Å². The fourth-order valence-electron chi connectivity index (χ4n) is 4.40. The number of hydrogen-bond acceptors (Lipinski definition) is 4. The molecule has 0 radical (unpaired) electrons. The number of hydrogen-bond donors (Lipinski definition) is 0. The van der Waals surface area contributed by atoms with Gasteiger partial charge in [0.1, 0.15) is 23.0 Å². The molecule has 34 heavy (non-hydrogen) atoms. The van der Waals surface area contributed by atoms with E-state index < -0.39 is 0 Å². The Bertz CT molecular complexity index is 973. The molecular formula is C30H30O4. The molecule has 174 valence electrons. The second-order valence-corrected chi connectivity index (χ2v) is 8.05. The highest BCUT2D eigenvalue weighted by molar-refractivity contribution is 5.48. The molecule has 4 nitrogen and oxygen atoms in total. The highest BCUT2D eigenvalue weighted by Gasteiger charge is 2.28. The number of benzene rings is 4. The molecule has 0 saturated heterocycles. The molecule has 4 rings (SSSR count). The van der Waals surface area contributed by atoms with Crippen LogP contribution in [0.3, 0.4) is 0 Å². The standard InChI is InChI=1S/C30H30O4/c1-31-25-13-5-21(6-14-25)29(22-7-15-26(32-2)16-8-22)30(23-9-17-27(33-3)18-10-23)24-11-19-28(34-4)20-12-24/h5-20,29-30H,1-4H3. The Balaban J connectivity index is 1.90. The maximum absolute atomic E-state index is 5.42. The SMILES string of the molecule is COc1ccc(C(c2ccc(OC)cc2)C(c2ccc(OC)cc2)c2ccc(OC)cc2)cc1. The first-order chi connectivity index (χ1) is 16.7. The Morgan fingerprint density at radius 2 is 0.500 bits per heavy atom. The third-order valence-corrected chi connectivity index (χ3v) is 6.23. The quantitative estimate of drug-likeness (QED) is 0.282. The van der Waals surface area contributed by atoms with Gasteiger partial charge in [-0.05, 0) is 70.8 Å². The summed E-state index contributed by atoms with van der Waals surface area (Å²) in [5.41, 5.74) is 4.79. The average Bonchev–Trinajstić information content (AvgIpc) is 2.92. The molecule has 0 amide bonds. The fourth-order valence-corrected chi connectivity index (χ4v) is 4.40. The van der Waals surface area contributed by atoms with E-state index in [9.17, 15) is 0 Å². The van der Waals surface area contributed by atoms with Gasteiger partial charge in [0, 0.05) is 11.8 Å². The van der Waals surface area contributed by atoms with Gasteiger partial charge in [0.15, 0.2) is 0 Å². The molecule has 4 aromatic rings. The van der Waals surface area contributed by atoms with Crippen LogP contribution in [0.2, 0.25) is 0 Å². The normalized spacial score (nSPS) is 10.9. The van der Waals surface area contributed by atoms with E-state index in [4.69, 9.17) is 18.9 Å². The molecule has 0 spiro atoms. The van der Waals surface area contributed by atoms with E-state index in [1.807, 2.05) is 48.5 Å². The Morgan fingerprint density at radius 3 is 0.647 bits per heavy atom. The molecule has 0 aromatic heterocycles. The summed E-state index contributed by atoms with van der Waals surface area (Å²) in [6.45, 7) is 0. The fraction of sp³-hybridized carbons (Fsp3) is 0.200. The van der Waals surface area contributed by atoms with Crippen molar-refractivity contribution in [3.05, 3.63) is 119 Å². The number of methoxy groups -OCH3 is 4. The first kappa shape index (κ1) is 23.2. The van der Waals surface area contributed by atoms with E-state index in [-0.39, 0.29) is 11.8 Å². The van der Waals surface area contributed by atoms with Crippen LogP contribution in [0.4, 0.5) is 0 Å². The molecule has 0 aliphatic rings. The zero-order chi connectivity index (χ0) is 23.9. The van der Waals surface area contributed by atoms with Crippen molar-refractivity contribution in [2.45, 2.75) is 11.8 Å². The van der Waals surface area contributed by atoms with Crippen LogP contribution in [-0.4, -0.2) is 28.4 Å². The summed E-state index contributed by atoms with van der Waals surface area (Å²) in [6.07, 6.45) is 0. The lowest BCUT2D eigenvalue weighted by atomic mass is 9.73. The van der Waals surface area contributed by atoms with Crippen molar-refractivity contribution in [3.8, 4) is 23.0 Å². The van der Waals surface area contributed by atoms with Gasteiger partial charge in [0.25, 0.3) is 0 Å². The molecule has 0 aliphatic carbocycles. The molecule has 0 heterocycles. The summed E-state index contributed by atoms with van der Waals surface area (Å²) in [6, 6.07) is 33.3. The number of rotatable bonds is 9. The Morgan fingerprint density at radius 1 is 0.324 bits per heavy atom. The lowest BCUT2D eigenvalue weighted by Gasteiger charge is -2.30. The third kappa shape index (κ3) is 5.01. The minimum atomic E-state index is 0.0543. The Hall–Kier alpha value is -3.92. The van der Waals surface area contributed by atoms with Crippen LogP contribution in [0.15, 0.2) is 97.1 Å². The second-order valence-electron chi connectivity index (χ2n) is 8.05. The van der Waals surface area contributed by atoms with Crippen LogP contribution >= 0.6 is 0 Å². The third-order valence-electron chi connectivity index (χ3n) is 6.23. The maximum Gasteiger partial charge on any atom is 0.118 e. The van der Waals surface area contributed by atoms with E-state index in [0.29, 0.717) is 0 Å². The molecule has 0 fully saturated rings. The van der Waals surface area contributed by atoms with E-state index in [2.05, 4.69) is 48.5 Å². The summed E-state index contributed by atoms with van der Waals surface area (Å²) in [5, 5.41) is 0. The van der Waals surface area contributed by atoms with Crippen LogP contribution in [0.1, 0.15) is 34.1 Å². The summed E-state index contributed by atoms with van der Waals surface area (Å²) in [5.74, 6) is 3.45. The summed E-state index contributed by atoms with van der Waals surface area (Å²) in [7, 11) is 6.75. The van der Waals surface area contributed by atoms with Crippen molar-refractivity contribution in [2.24, 2.45) is 0 Å². The van der Waals surface area contributed by atoms with Gasteiger partial charge in [0.05, 0.1) is 28.4 Å². The van der Waals surface area contributed by atoms with Crippen molar-refractivity contribution in [1.82, 2.24) is 0 Å². The molecule has 0 N–H and O–H groups in total. The van der Waals surface area contributed by atoms with Crippen LogP contribution in [0.25, 0.3) is 0 Å².